The van der Waals surface area contributed by atoms with Crippen LogP contribution in [0.4, 0.5) is 0 Å². The van der Waals surface area contributed by atoms with Crippen molar-refractivity contribution >= 4 is 10.8 Å². The highest BCUT2D eigenvalue weighted by atomic mass is 14.9. The maximum atomic E-state index is 4.27. The Hall–Kier alpha value is -2.19. The summed E-state index contributed by atoms with van der Waals surface area (Å²) < 4.78 is 0. The summed E-state index contributed by atoms with van der Waals surface area (Å²) in [4.78, 5) is 4.27. The molecule has 2 nitrogen and oxygen atoms in total. The van der Waals surface area contributed by atoms with Crippen LogP contribution in [0.1, 0.15) is 22.7 Å². The molecule has 3 rings (SSSR count). The zero-order valence-electron chi connectivity index (χ0n) is 11.8. The van der Waals surface area contributed by atoms with Crippen molar-refractivity contribution in [3.63, 3.8) is 0 Å². The quantitative estimate of drug-likeness (QED) is 0.775. The van der Waals surface area contributed by atoms with Crippen LogP contribution in [0.25, 0.3) is 10.8 Å². The van der Waals surface area contributed by atoms with Crippen LogP contribution in [0, 0.1) is 6.92 Å². The Morgan fingerprint density at radius 3 is 2.70 bits per heavy atom. The van der Waals surface area contributed by atoms with Gasteiger partial charge in [0.1, 0.15) is 0 Å². The van der Waals surface area contributed by atoms with E-state index in [0.29, 0.717) is 0 Å². The first kappa shape index (κ1) is 12.8. The number of hydrogen-bond donors (Lipinski definition) is 1. The summed E-state index contributed by atoms with van der Waals surface area (Å²) in [7, 11) is 2.00. The molecule has 0 bridgehead atoms. The van der Waals surface area contributed by atoms with Crippen LogP contribution in [-0.4, -0.2) is 12.0 Å². The number of aromatic nitrogens is 1. The lowest BCUT2D eigenvalue weighted by molar-refractivity contribution is 0.696. The van der Waals surface area contributed by atoms with E-state index in [2.05, 4.69) is 65.8 Å². The van der Waals surface area contributed by atoms with E-state index in [0.717, 1.165) is 0 Å². The third-order valence-corrected chi connectivity index (χ3v) is 3.69. The fourth-order valence-electron chi connectivity index (χ4n) is 2.74. The minimum Gasteiger partial charge on any atom is -0.309 e. The van der Waals surface area contributed by atoms with Gasteiger partial charge in [0.25, 0.3) is 0 Å². The number of nitrogens with zero attached hydrogens (tertiary/aromatic N) is 1. The first-order valence-corrected chi connectivity index (χ1v) is 6.86. The van der Waals surface area contributed by atoms with Crippen molar-refractivity contribution in [2.75, 3.05) is 7.05 Å². The molecule has 0 radical (unpaired) electrons. The SMILES string of the molecule is CNC(c1cccc(C)c1)c1cccc2ccncc12. The van der Waals surface area contributed by atoms with Gasteiger partial charge in [-0.05, 0) is 36.6 Å². The summed E-state index contributed by atoms with van der Waals surface area (Å²) in [6.07, 6.45) is 3.79. The highest BCUT2D eigenvalue weighted by Crippen LogP contribution is 2.28. The third kappa shape index (κ3) is 2.30. The minimum atomic E-state index is 0.183. The molecule has 20 heavy (non-hydrogen) atoms. The molecule has 0 fully saturated rings. The predicted molar refractivity (Wildman–Crippen MR) is 83.8 cm³/mol. The Morgan fingerprint density at radius 2 is 1.90 bits per heavy atom. The van der Waals surface area contributed by atoms with Crippen LogP contribution in [0.15, 0.2) is 60.9 Å². The Bertz CT molecular complexity index is 729. The largest absolute Gasteiger partial charge is 0.309 e. The molecule has 3 aromatic rings. The average Bonchev–Trinajstić information content (AvgIpc) is 2.48. The van der Waals surface area contributed by atoms with E-state index in [1.807, 2.05) is 19.4 Å². The maximum Gasteiger partial charge on any atom is 0.0581 e. The fraction of sp³-hybridized carbons (Fsp3) is 0.167. The summed E-state index contributed by atoms with van der Waals surface area (Å²) in [5, 5.41) is 5.86. The molecule has 0 aliphatic heterocycles. The molecule has 0 amide bonds. The first-order chi connectivity index (χ1) is 9.79. The first-order valence-electron chi connectivity index (χ1n) is 6.86. The Labute approximate surface area is 119 Å². The van der Waals surface area contributed by atoms with Crippen LogP contribution in [0.2, 0.25) is 0 Å². The number of fused-ring (bicyclic) bond motifs is 1. The maximum absolute atomic E-state index is 4.27. The molecule has 0 aliphatic carbocycles. The van der Waals surface area contributed by atoms with Crippen molar-refractivity contribution in [2.24, 2.45) is 0 Å². The van der Waals surface area contributed by atoms with Gasteiger partial charge in [-0.2, -0.15) is 0 Å². The van der Waals surface area contributed by atoms with Crippen LogP contribution in [0.5, 0.6) is 0 Å². The molecule has 1 N–H and O–H groups in total. The molecular formula is C18H18N2. The second-order valence-electron chi connectivity index (χ2n) is 5.08. The van der Waals surface area contributed by atoms with Gasteiger partial charge in [0, 0.05) is 17.8 Å². The molecule has 1 heterocycles. The summed E-state index contributed by atoms with van der Waals surface area (Å²) in [5.74, 6) is 0. The van der Waals surface area contributed by atoms with E-state index in [9.17, 15) is 0 Å². The number of nitrogens with one attached hydrogen (secondary N) is 1. The number of rotatable bonds is 3. The Morgan fingerprint density at radius 1 is 1.05 bits per heavy atom. The van der Waals surface area contributed by atoms with Crippen LogP contribution in [0.3, 0.4) is 0 Å². The van der Waals surface area contributed by atoms with Gasteiger partial charge in [0.15, 0.2) is 0 Å². The molecule has 1 atom stereocenters. The highest BCUT2D eigenvalue weighted by molar-refractivity contribution is 5.85. The molecular weight excluding hydrogens is 244 g/mol. The highest BCUT2D eigenvalue weighted by Gasteiger charge is 2.14. The van der Waals surface area contributed by atoms with Crippen molar-refractivity contribution in [2.45, 2.75) is 13.0 Å². The lowest BCUT2D eigenvalue weighted by Gasteiger charge is -2.19. The molecule has 0 spiro atoms. The van der Waals surface area contributed by atoms with E-state index < -0.39 is 0 Å². The van der Waals surface area contributed by atoms with Crippen molar-refractivity contribution in [1.82, 2.24) is 10.3 Å². The van der Waals surface area contributed by atoms with E-state index in [1.165, 1.54) is 27.5 Å². The zero-order valence-corrected chi connectivity index (χ0v) is 11.8. The normalized spacial score (nSPS) is 12.5. The zero-order chi connectivity index (χ0) is 13.9. The van der Waals surface area contributed by atoms with E-state index in [1.54, 1.807) is 0 Å². The molecule has 0 aliphatic rings. The van der Waals surface area contributed by atoms with Gasteiger partial charge in [-0.15, -0.1) is 0 Å². The summed E-state index contributed by atoms with van der Waals surface area (Å²) in [6, 6.07) is 17.3. The number of aryl methyl sites for hydroxylation is 1. The lowest BCUT2D eigenvalue weighted by atomic mass is 9.94. The van der Waals surface area contributed by atoms with Crippen LogP contribution < -0.4 is 5.32 Å². The standard InChI is InChI=1S/C18H18N2/c1-13-5-3-7-15(11-13)18(19-2)16-8-4-6-14-9-10-20-12-17(14)16/h3-12,18-19H,1-2H3. The second kappa shape index (κ2) is 5.43. The second-order valence-corrected chi connectivity index (χ2v) is 5.08. The molecule has 1 unspecified atom stereocenters. The van der Waals surface area contributed by atoms with Gasteiger partial charge in [-0.3, -0.25) is 4.98 Å². The average molecular weight is 262 g/mol. The van der Waals surface area contributed by atoms with E-state index in [-0.39, 0.29) is 6.04 Å². The smallest absolute Gasteiger partial charge is 0.0581 e. The van der Waals surface area contributed by atoms with Gasteiger partial charge in [0.05, 0.1) is 6.04 Å². The lowest BCUT2D eigenvalue weighted by Crippen LogP contribution is -2.18. The predicted octanol–water partition coefficient (Wildman–Crippen LogP) is 3.85. The van der Waals surface area contributed by atoms with E-state index >= 15 is 0 Å². The number of benzene rings is 2. The van der Waals surface area contributed by atoms with Crippen LogP contribution >= 0.6 is 0 Å². The fourth-order valence-corrected chi connectivity index (χ4v) is 2.74. The van der Waals surface area contributed by atoms with Crippen LogP contribution in [-0.2, 0) is 0 Å². The number of hydrogen-bond acceptors (Lipinski definition) is 2. The van der Waals surface area contributed by atoms with Gasteiger partial charge in [0.2, 0.25) is 0 Å². The van der Waals surface area contributed by atoms with Gasteiger partial charge >= 0.3 is 0 Å². The van der Waals surface area contributed by atoms with Crippen molar-refractivity contribution in [3.8, 4) is 0 Å². The van der Waals surface area contributed by atoms with Gasteiger partial charge < -0.3 is 5.32 Å². The molecule has 0 saturated heterocycles. The van der Waals surface area contributed by atoms with Crippen molar-refractivity contribution in [3.05, 3.63) is 77.6 Å². The summed E-state index contributed by atoms with van der Waals surface area (Å²) in [6.45, 7) is 2.13. The van der Waals surface area contributed by atoms with E-state index in [4.69, 9.17) is 0 Å². The molecule has 1 aromatic heterocycles. The minimum absolute atomic E-state index is 0.183. The van der Waals surface area contributed by atoms with Crippen molar-refractivity contribution in [1.29, 1.82) is 0 Å². The topological polar surface area (TPSA) is 24.9 Å². The summed E-state index contributed by atoms with van der Waals surface area (Å²) in [5.41, 5.74) is 3.83. The number of pyridine rings is 1. The Kier molecular flexibility index (Phi) is 3.48. The molecule has 0 saturated carbocycles. The molecule has 2 aromatic carbocycles. The monoisotopic (exact) mass is 262 g/mol. The molecule has 2 heteroatoms. The Balaban J connectivity index is 2.17. The third-order valence-electron chi connectivity index (χ3n) is 3.69. The summed E-state index contributed by atoms with van der Waals surface area (Å²) >= 11 is 0. The van der Waals surface area contributed by atoms with Crippen molar-refractivity contribution < 1.29 is 0 Å². The van der Waals surface area contributed by atoms with Gasteiger partial charge in [-0.25, -0.2) is 0 Å². The molecule has 100 valence electrons. The van der Waals surface area contributed by atoms with Gasteiger partial charge in [-0.1, -0.05) is 48.0 Å².